The number of hydrogen-bond acceptors (Lipinski definition) is 4. The molecule has 68 valence electrons. The summed E-state index contributed by atoms with van der Waals surface area (Å²) in [4.78, 5) is 11.4. The van der Waals surface area contributed by atoms with Crippen molar-refractivity contribution in [1.29, 1.82) is 10.5 Å². The molecule has 0 amide bonds. The van der Waals surface area contributed by atoms with Crippen LogP contribution in [0.25, 0.3) is 0 Å². The van der Waals surface area contributed by atoms with Crippen molar-refractivity contribution >= 4 is 5.78 Å². The van der Waals surface area contributed by atoms with Gasteiger partial charge in [-0.3, -0.25) is 4.79 Å². The summed E-state index contributed by atoms with van der Waals surface area (Å²) < 4.78 is 5.19. The van der Waals surface area contributed by atoms with Crippen molar-refractivity contribution in [3.8, 4) is 12.1 Å². The van der Waals surface area contributed by atoms with Crippen LogP contribution < -0.4 is 0 Å². The van der Waals surface area contributed by atoms with Crippen LogP contribution in [0.2, 0.25) is 0 Å². The summed E-state index contributed by atoms with van der Waals surface area (Å²) in [6.07, 6.45) is 0.686. The number of Topliss-reactive ketones (excluding diaryl/α,β-unsaturated/α-hetero) is 1. The molecular weight excluding hydrogens is 168 g/mol. The highest BCUT2D eigenvalue weighted by molar-refractivity contribution is 5.88. The van der Waals surface area contributed by atoms with Crippen molar-refractivity contribution in [3.05, 3.63) is 0 Å². The fraction of sp³-hybridized carbons (Fsp3) is 0.667. The Labute approximate surface area is 76.7 Å². The number of hydrogen-bond donors (Lipinski definition) is 0. The van der Waals surface area contributed by atoms with Crippen LogP contribution in [-0.2, 0) is 9.53 Å². The summed E-state index contributed by atoms with van der Waals surface area (Å²) in [7, 11) is 0. The van der Waals surface area contributed by atoms with Crippen molar-refractivity contribution in [3.63, 3.8) is 0 Å². The van der Waals surface area contributed by atoms with E-state index in [1.54, 1.807) is 12.1 Å². The molecule has 0 spiro atoms. The van der Waals surface area contributed by atoms with Gasteiger partial charge >= 0.3 is 0 Å². The number of nitriles is 2. The minimum Gasteiger partial charge on any atom is -0.378 e. The first-order valence-corrected chi connectivity index (χ1v) is 4.13. The van der Waals surface area contributed by atoms with Crippen molar-refractivity contribution in [2.24, 2.45) is 11.8 Å². The first kappa shape index (κ1) is 9.70. The minimum absolute atomic E-state index is 0.0620. The number of rotatable bonds is 2. The summed E-state index contributed by atoms with van der Waals surface area (Å²) in [5.74, 6) is -1.69. The average Bonchev–Trinajstić information content (AvgIpc) is 2.54. The smallest absolute Gasteiger partial charge is 0.191 e. The maximum Gasteiger partial charge on any atom is 0.191 e. The maximum atomic E-state index is 11.4. The van der Waals surface area contributed by atoms with Crippen molar-refractivity contribution in [2.75, 3.05) is 6.61 Å². The standard InChI is InChI=1S/C9H10N2O2/c1-6-2-7(5-13-6)9(12)8(3-10)4-11/h6-8H,2,5H2,1H3. The van der Waals surface area contributed by atoms with Gasteiger partial charge in [-0.1, -0.05) is 0 Å². The lowest BCUT2D eigenvalue weighted by atomic mass is 9.93. The number of ether oxygens (including phenoxy) is 1. The predicted molar refractivity (Wildman–Crippen MR) is 43.2 cm³/mol. The summed E-state index contributed by atoms with van der Waals surface area (Å²) in [5, 5.41) is 17.0. The highest BCUT2D eigenvalue weighted by atomic mass is 16.5. The van der Waals surface area contributed by atoms with Crippen LogP contribution in [-0.4, -0.2) is 18.5 Å². The third-order valence-corrected chi connectivity index (χ3v) is 2.14. The van der Waals surface area contributed by atoms with Crippen LogP contribution >= 0.6 is 0 Å². The van der Waals surface area contributed by atoms with Gasteiger partial charge in [-0.2, -0.15) is 10.5 Å². The molecule has 0 aromatic rings. The molecule has 0 aromatic carbocycles. The second-order valence-electron chi connectivity index (χ2n) is 3.17. The zero-order valence-corrected chi connectivity index (χ0v) is 7.36. The normalized spacial score (nSPS) is 26.8. The highest BCUT2D eigenvalue weighted by Gasteiger charge is 2.32. The number of carbonyl (C=O) groups excluding carboxylic acids is 1. The summed E-state index contributed by atoms with van der Waals surface area (Å²) >= 11 is 0. The number of ketones is 1. The third kappa shape index (κ3) is 2.05. The van der Waals surface area contributed by atoms with E-state index in [1.807, 2.05) is 6.92 Å². The van der Waals surface area contributed by atoms with Gasteiger partial charge in [0.2, 0.25) is 0 Å². The van der Waals surface area contributed by atoms with Crippen LogP contribution in [0.4, 0.5) is 0 Å². The molecule has 1 saturated heterocycles. The van der Waals surface area contributed by atoms with Gasteiger partial charge in [0.1, 0.15) is 0 Å². The molecule has 1 rings (SSSR count). The lowest BCUT2D eigenvalue weighted by Gasteiger charge is -2.05. The predicted octanol–water partition coefficient (Wildman–Crippen LogP) is 0.644. The Kier molecular flexibility index (Phi) is 3.00. The summed E-state index contributed by atoms with van der Waals surface area (Å²) in [5.41, 5.74) is 0. The van der Waals surface area contributed by atoms with E-state index >= 15 is 0 Å². The lowest BCUT2D eigenvalue weighted by molar-refractivity contribution is -0.123. The molecule has 0 bridgehead atoms. The van der Waals surface area contributed by atoms with E-state index in [-0.39, 0.29) is 17.8 Å². The first-order valence-electron chi connectivity index (χ1n) is 4.13. The van der Waals surface area contributed by atoms with Crippen molar-refractivity contribution in [2.45, 2.75) is 19.4 Å². The largest absolute Gasteiger partial charge is 0.378 e. The van der Waals surface area contributed by atoms with Crippen molar-refractivity contribution in [1.82, 2.24) is 0 Å². The molecule has 0 N–H and O–H groups in total. The lowest BCUT2D eigenvalue weighted by Crippen LogP contribution is -2.21. The molecule has 1 aliphatic heterocycles. The molecule has 4 nitrogen and oxygen atoms in total. The Morgan fingerprint density at radius 3 is 2.54 bits per heavy atom. The van der Waals surface area contributed by atoms with Crippen LogP contribution in [0, 0.1) is 34.5 Å². The van der Waals surface area contributed by atoms with E-state index in [2.05, 4.69) is 0 Å². The first-order chi connectivity index (χ1) is 6.19. The molecule has 2 atom stereocenters. The van der Waals surface area contributed by atoms with Crippen LogP contribution in [0.5, 0.6) is 0 Å². The Morgan fingerprint density at radius 1 is 1.54 bits per heavy atom. The van der Waals surface area contributed by atoms with Crippen LogP contribution in [0.1, 0.15) is 13.3 Å². The van der Waals surface area contributed by atoms with Gasteiger partial charge in [-0.25, -0.2) is 0 Å². The van der Waals surface area contributed by atoms with Gasteiger partial charge in [-0.15, -0.1) is 0 Å². The van der Waals surface area contributed by atoms with Crippen LogP contribution in [0.3, 0.4) is 0 Å². The van der Waals surface area contributed by atoms with E-state index < -0.39 is 5.92 Å². The van der Waals surface area contributed by atoms with Gasteiger partial charge in [0.05, 0.1) is 24.8 Å². The molecule has 0 radical (unpaired) electrons. The monoisotopic (exact) mass is 178 g/mol. The molecule has 1 aliphatic rings. The average molecular weight is 178 g/mol. The summed E-state index contributed by atoms with van der Waals surface area (Å²) in [6, 6.07) is 3.35. The Hall–Kier alpha value is -1.39. The van der Waals surface area contributed by atoms with Gasteiger partial charge in [-0.05, 0) is 13.3 Å². The second kappa shape index (κ2) is 4.02. The maximum absolute atomic E-state index is 11.4. The van der Waals surface area contributed by atoms with Gasteiger partial charge in [0.15, 0.2) is 11.7 Å². The fourth-order valence-electron chi connectivity index (χ4n) is 1.41. The van der Waals surface area contributed by atoms with E-state index in [1.165, 1.54) is 0 Å². The Balaban J connectivity index is 2.60. The van der Waals surface area contributed by atoms with Crippen LogP contribution in [0.15, 0.2) is 0 Å². The summed E-state index contributed by atoms with van der Waals surface area (Å²) in [6.45, 7) is 2.22. The Bertz CT molecular complexity index is 273. The highest BCUT2D eigenvalue weighted by Crippen LogP contribution is 2.22. The quantitative estimate of drug-likeness (QED) is 0.622. The SMILES string of the molecule is CC1CC(C(=O)C(C#N)C#N)CO1. The fourth-order valence-corrected chi connectivity index (χ4v) is 1.41. The second-order valence-corrected chi connectivity index (χ2v) is 3.17. The van der Waals surface area contributed by atoms with Gasteiger partial charge in [0.25, 0.3) is 0 Å². The topological polar surface area (TPSA) is 73.9 Å². The molecule has 0 aliphatic carbocycles. The van der Waals surface area contributed by atoms with E-state index in [4.69, 9.17) is 15.3 Å². The molecular formula is C9H10N2O2. The molecule has 4 heteroatoms. The zero-order chi connectivity index (χ0) is 9.84. The van der Waals surface area contributed by atoms with E-state index in [0.29, 0.717) is 13.0 Å². The zero-order valence-electron chi connectivity index (χ0n) is 7.36. The molecule has 1 fully saturated rings. The number of carbonyl (C=O) groups is 1. The molecule has 13 heavy (non-hydrogen) atoms. The minimum atomic E-state index is -1.13. The molecule has 1 heterocycles. The van der Waals surface area contributed by atoms with E-state index in [9.17, 15) is 4.79 Å². The Morgan fingerprint density at radius 2 is 2.15 bits per heavy atom. The van der Waals surface area contributed by atoms with Gasteiger partial charge < -0.3 is 4.74 Å². The molecule has 0 aromatic heterocycles. The van der Waals surface area contributed by atoms with E-state index in [0.717, 1.165) is 0 Å². The third-order valence-electron chi connectivity index (χ3n) is 2.14. The van der Waals surface area contributed by atoms with Crippen molar-refractivity contribution < 1.29 is 9.53 Å². The number of nitrogens with zero attached hydrogens (tertiary/aromatic N) is 2. The molecule has 0 saturated carbocycles. The molecule has 2 unspecified atom stereocenters. The van der Waals surface area contributed by atoms with Gasteiger partial charge in [0, 0.05) is 5.92 Å².